The van der Waals surface area contributed by atoms with E-state index in [1.807, 2.05) is 29.2 Å². The highest BCUT2D eigenvalue weighted by atomic mass is 16.2. The second-order valence-corrected chi connectivity index (χ2v) is 6.74. The number of anilines is 1. The Morgan fingerprint density at radius 3 is 2.60 bits per heavy atom. The Morgan fingerprint density at radius 1 is 1.20 bits per heavy atom. The minimum atomic E-state index is 0.0197. The molecule has 1 amide bonds. The van der Waals surface area contributed by atoms with Crippen LogP contribution in [0.1, 0.15) is 42.7 Å². The number of aromatic nitrogens is 2. The van der Waals surface area contributed by atoms with Crippen molar-refractivity contribution in [1.29, 1.82) is 0 Å². The van der Waals surface area contributed by atoms with Crippen LogP contribution in [0.15, 0.2) is 42.7 Å². The summed E-state index contributed by atoms with van der Waals surface area (Å²) in [6, 6.07) is 12.1. The summed E-state index contributed by atoms with van der Waals surface area (Å²) in [5.74, 6) is 1.52. The van der Waals surface area contributed by atoms with E-state index in [9.17, 15) is 4.79 Å². The van der Waals surface area contributed by atoms with Crippen molar-refractivity contribution >= 4 is 11.7 Å². The lowest BCUT2D eigenvalue weighted by atomic mass is 9.99. The fraction of sp³-hybridized carbons (Fsp3) is 0.450. The molecule has 0 radical (unpaired) electrons. The van der Waals surface area contributed by atoms with Crippen molar-refractivity contribution in [2.45, 2.75) is 33.2 Å². The van der Waals surface area contributed by atoms with E-state index < -0.39 is 0 Å². The summed E-state index contributed by atoms with van der Waals surface area (Å²) in [6.07, 6.45) is 3.64. The molecule has 1 fully saturated rings. The summed E-state index contributed by atoms with van der Waals surface area (Å²) in [5, 5.41) is 0. The van der Waals surface area contributed by atoms with Gasteiger partial charge in [0.25, 0.3) is 5.91 Å². The molecule has 0 spiro atoms. The smallest absolute Gasteiger partial charge is 0.272 e. The zero-order valence-corrected chi connectivity index (χ0v) is 15.1. The largest absolute Gasteiger partial charge is 0.352 e. The van der Waals surface area contributed by atoms with Gasteiger partial charge in [0.2, 0.25) is 0 Å². The monoisotopic (exact) mass is 338 g/mol. The molecular weight excluding hydrogens is 312 g/mol. The summed E-state index contributed by atoms with van der Waals surface area (Å²) in [4.78, 5) is 25.4. The van der Waals surface area contributed by atoms with Gasteiger partial charge >= 0.3 is 0 Å². The molecule has 0 N–H and O–H groups in total. The van der Waals surface area contributed by atoms with Crippen molar-refractivity contribution in [3.63, 3.8) is 0 Å². The second-order valence-electron chi connectivity index (χ2n) is 6.74. The molecule has 0 bridgehead atoms. The van der Waals surface area contributed by atoms with Crippen LogP contribution in [0.2, 0.25) is 0 Å². The minimum absolute atomic E-state index is 0.0197. The van der Waals surface area contributed by atoms with Crippen molar-refractivity contribution in [1.82, 2.24) is 14.9 Å². The van der Waals surface area contributed by atoms with Crippen molar-refractivity contribution in [2.75, 3.05) is 24.5 Å². The van der Waals surface area contributed by atoms with Crippen LogP contribution in [0, 0.1) is 5.92 Å². The molecular formula is C20H26N4O. The molecule has 1 aromatic heterocycles. The van der Waals surface area contributed by atoms with Gasteiger partial charge in [0.15, 0.2) is 0 Å². The zero-order valence-electron chi connectivity index (χ0n) is 15.1. The molecule has 1 aliphatic rings. The van der Waals surface area contributed by atoms with Gasteiger partial charge in [0.05, 0.1) is 0 Å². The normalized spacial score (nSPS) is 15.2. The van der Waals surface area contributed by atoms with E-state index in [4.69, 9.17) is 0 Å². The molecule has 2 aromatic rings. The van der Waals surface area contributed by atoms with Crippen LogP contribution in [-0.2, 0) is 6.54 Å². The Hall–Kier alpha value is -2.43. The van der Waals surface area contributed by atoms with Gasteiger partial charge in [-0.2, -0.15) is 0 Å². The Morgan fingerprint density at radius 2 is 1.92 bits per heavy atom. The molecule has 5 heteroatoms. The highest BCUT2D eigenvalue weighted by molar-refractivity contribution is 5.93. The van der Waals surface area contributed by atoms with Gasteiger partial charge in [-0.3, -0.25) is 4.79 Å². The third kappa shape index (κ3) is 4.35. The van der Waals surface area contributed by atoms with E-state index in [2.05, 4.69) is 40.8 Å². The van der Waals surface area contributed by atoms with Crippen molar-refractivity contribution < 1.29 is 4.79 Å². The Bertz CT molecular complexity index is 696. The highest BCUT2D eigenvalue weighted by Gasteiger charge is 2.23. The molecule has 1 aliphatic heterocycles. The molecule has 25 heavy (non-hydrogen) atoms. The average Bonchev–Trinajstić information content (AvgIpc) is 2.67. The third-order valence-electron chi connectivity index (χ3n) is 4.86. The standard InChI is InChI=1S/C20H26N4O/c1-3-23(14-17-7-5-4-6-8-17)19-13-18(21-15-22-19)20(25)24-11-9-16(2)10-12-24/h4-8,13,15-16H,3,9-12,14H2,1-2H3. The lowest BCUT2D eigenvalue weighted by Gasteiger charge is -2.30. The molecule has 0 saturated carbocycles. The fourth-order valence-electron chi connectivity index (χ4n) is 3.17. The summed E-state index contributed by atoms with van der Waals surface area (Å²) in [6.45, 7) is 7.57. The van der Waals surface area contributed by atoms with E-state index in [0.29, 0.717) is 11.6 Å². The summed E-state index contributed by atoms with van der Waals surface area (Å²) in [7, 11) is 0. The lowest BCUT2D eigenvalue weighted by Crippen LogP contribution is -2.38. The van der Waals surface area contributed by atoms with Crippen molar-refractivity contribution in [3.05, 3.63) is 54.0 Å². The van der Waals surface area contributed by atoms with Crippen LogP contribution in [0.4, 0.5) is 5.82 Å². The highest BCUT2D eigenvalue weighted by Crippen LogP contribution is 2.19. The maximum atomic E-state index is 12.7. The van der Waals surface area contributed by atoms with Crippen LogP contribution in [0.3, 0.4) is 0 Å². The topological polar surface area (TPSA) is 49.3 Å². The Labute approximate surface area is 149 Å². The van der Waals surface area contributed by atoms with Gasteiger partial charge in [0.1, 0.15) is 17.8 Å². The number of carbonyl (C=O) groups is 1. The number of likely N-dealkylation sites (tertiary alicyclic amines) is 1. The predicted octanol–water partition coefficient (Wildman–Crippen LogP) is 3.38. The first-order valence-corrected chi connectivity index (χ1v) is 9.07. The number of hydrogen-bond donors (Lipinski definition) is 0. The maximum absolute atomic E-state index is 12.7. The molecule has 1 saturated heterocycles. The number of nitrogens with zero attached hydrogens (tertiary/aromatic N) is 4. The van der Waals surface area contributed by atoms with E-state index in [1.54, 1.807) is 0 Å². The maximum Gasteiger partial charge on any atom is 0.272 e. The number of benzene rings is 1. The fourth-order valence-corrected chi connectivity index (χ4v) is 3.17. The number of amides is 1. The Balaban J connectivity index is 1.74. The van der Waals surface area contributed by atoms with Crippen LogP contribution in [-0.4, -0.2) is 40.4 Å². The SMILES string of the molecule is CCN(Cc1ccccc1)c1cc(C(=O)N2CCC(C)CC2)ncn1. The quantitative estimate of drug-likeness (QED) is 0.839. The number of piperidine rings is 1. The number of carbonyl (C=O) groups excluding carboxylic acids is 1. The van der Waals surface area contributed by atoms with Crippen LogP contribution in [0.5, 0.6) is 0 Å². The molecule has 1 aromatic carbocycles. The van der Waals surface area contributed by atoms with Crippen LogP contribution < -0.4 is 4.90 Å². The number of rotatable bonds is 5. The molecule has 2 heterocycles. The molecule has 0 atom stereocenters. The van der Waals surface area contributed by atoms with E-state index in [0.717, 1.165) is 44.8 Å². The van der Waals surface area contributed by atoms with Crippen molar-refractivity contribution in [3.8, 4) is 0 Å². The van der Waals surface area contributed by atoms with Crippen LogP contribution >= 0.6 is 0 Å². The van der Waals surface area contributed by atoms with Gasteiger partial charge in [-0.15, -0.1) is 0 Å². The van der Waals surface area contributed by atoms with E-state index in [-0.39, 0.29) is 5.91 Å². The first-order chi connectivity index (χ1) is 12.2. The summed E-state index contributed by atoms with van der Waals surface area (Å²) in [5.41, 5.74) is 1.71. The third-order valence-corrected chi connectivity index (χ3v) is 4.86. The van der Waals surface area contributed by atoms with Crippen LogP contribution in [0.25, 0.3) is 0 Å². The first kappa shape index (κ1) is 17.4. The average molecular weight is 338 g/mol. The van der Waals surface area contributed by atoms with Crippen molar-refractivity contribution in [2.24, 2.45) is 5.92 Å². The predicted molar refractivity (Wildman–Crippen MR) is 99.5 cm³/mol. The lowest BCUT2D eigenvalue weighted by molar-refractivity contribution is 0.0691. The zero-order chi connectivity index (χ0) is 17.6. The van der Waals surface area contributed by atoms with Gasteiger partial charge in [-0.25, -0.2) is 9.97 Å². The first-order valence-electron chi connectivity index (χ1n) is 9.07. The van der Waals surface area contributed by atoms with E-state index in [1.165, 1.54) is 11.9 Å². The summed E-state index contributed by atoms with van der Waals surface area (Å²) >= 11 is 0. The Kier molecular flexibility index (Phi) is 5.64. The molecule has 132 valence electrons. The second kappa shape index (κ2) is 8.10. The number of hydrogen-bond acceptors (Lipinski definition) is 4. The molecule has 0 unspecified atom stereocenters. The van der Waals surface area contributed by atoms with Gasteiger partial charge in [-0.1, -0.05) is 37.3 Å². The van der Waals surface area contributed by atoms with Gasteiger partial charge in [-0.05, 0) is 31.2 Å². The molecule has 5 nitrogen and oxygen atoms in total. The van der Waals surface area contributed by atoms with E-state index >= 15 is 0 Å². The van der Waals surface area contributed by atoms with Gasteiger partial charge < -0.3 is 9.80 Å². The minimum Gasteiger partial charge on any atom is -0.352 e. The molecule has 0 aliphatic carbocycles. The van der Waals surface area contributed by atoms with Gasteiger partial charge in [0, 0.05) is 32.2 Å². The molecule has 3 rings (SSSR count). The summed E-state index contributed by atoms with van der Waals surface area (Å²) < 4.78 is 0.